The van der Waals surface area contributed by atoms with Crippen LogP contribution in [0.15, 0.2) is 30.3 Å². The van der Waals surface area contributed by atoms with Gasteiger partial charge in [-0.3, -0.25) is 9.69 Å². The predicted molar refractivity (Wildman–Crippen MR) is 80.8 cm³/mol. The third-order valence-corrected chi connectivity index (χ3v) is 4.72. The number of carboxylic acid groups (broad SMARTS) is 1. The molecule has 0 saturated carbocycles. The molecular weight excluding hydrogens is 250 g/mol. The van der Waals surface area contributed by atoms with Gasteiger partial charge in [-0.2, -0.15) is 0 Å². The van der Waals surface area contributed by atoms with Crippen LogP contribution in [0.3, 0.4) is 0 Å². The van der Waals surface area contributed by atoms with Crippen LogP contribution in [0.25, 0.3) is 0 Å². The third-order valence-electron chi connectivity index (χ3n) is 4.72. The molecule has 2 rings (SSSR count). The van der Waals surface area contributed by atoms with E-state index in [0.717, 1.165) is 38.8 Å². The van der Waals surface area contributed by atoms with Crippen LogP contribution in [0.5, 0.6) is 0 Å². The fraction of sp³-hybridized carbons (Fsp3) is 0.588. The van der Waals surface area contributed by atoms with E-state index in [4.69, 9.17) is 0 Å². The first-order chi connectivity index (χ1) is 9.55. The van der Waals surface area contributed by atoms with Crippen LogP contribution in [0, 0.1) is 5.41 Å². The number of carbonyl (C=O) groups is 1. The van der Waals surface area contributed by atoms with Gasteiger partial charge in [0.15, 0.2) is 0 Å². The molecule has 1 aliphatic heterocycles. The van der Waals surface area contributed by atoms with Crippen molar-refractivity contribution in [2.24, 2.45) is 5.41 Å². The Morgan fingerprint density at radius 1 is 1.30 bits per heavy atom. The largest absolute Gasteiger partial charge is 0.481 e. The second kappa shape index (κ2) is 6.40. The van der Waals surface area contributed by atoms with E-state index in [1.807, 2.05) is 13.0 Å². The monoisotopic (exact) mass is 275 g/mol. The minimum atomic E-state index is -0.645. The molecule has 0 spiro atoms. The van der Waals surface area contributed by atoms with E-state index in [2.05, 4.69) is 36.1 Å². The van der Waals surface area contributed by atoms with Crippen molar-refractivity contribution in [1.82, 2.24) is 4.90 Å². The van der Waals surface area contributed by atoms with Crippen LogP contribution in [0.2, 0.25) is 0 Å². The van der Waals surface area contributed by atoms with Crippen molar-refractivity contribution in [2.75, 3.05) is 13.1 Å². The van der Waals surface area contributed by atoms with E-state index in [0.29, 0.717) is 6.04 Å². The van der Waals surface area contributed by atoms with Gasteiger partial charge < -0.3 is 5.11 Å². The van der Waals surface area contributed by atoms with Crippen molar-refractivity contribution < 1.29 is 9.90 Å². The van der Waals surface area contributed by atoms with Crippen LogP contribution in [-0.2, 0) is 11.2 Å². The summed E-state index contributed by atoms with van der Waals surface area (Å²) in [5.74, 6) is -0.645. The van der Waals surface area contributed by atoms with Gasteiger partial charge in [-0.25, -0.2) is 0 Å². The van der Waals surface area contributed by atoms with Crippen molar-refractivity contribution in [3.8, 4) is 0 Å². The first kappa shape index (κ1) is 15.0. The summed E-state index contributed by atoms with van der Waals surface area (Å²) >= 11 is 0. The highest BCUT2D eigenvalue weighted by atomic mass is 16.4. The second-order valence-electron chi connectivity index (χ2n) is 6.15. The summed E-state index contributed by atoms with van der Waals surface area (Å²) in [6, 6.07) is 11.1. The number of hydrogen-bond donors (Lipinski definition) is 1. The lowest BCUT2D eigenvalue weighted by molar-refractivity contribution is -0.151. The normalized spacial score (nSPS) is 20.5. The Morgan fingerprint density at radius 2 is 1.90 bits per heavy atom. The molecule has 1 aromatic carbocycles. The van der Waals surface area contributed by atoms with Gasteiger partial charge in [-0.1, -0.05) is 37.3 Å². The highest BCUT2D eigenvalue weighted by molar-refractivity contribution is 5.74. The van der Waals surface area contributed by atoms with E-state index >= 15 is 0 Å². The van der Waals surface area contributed by atoms with E-state index in [9.17, 15) is 9.90 Å². The Balaban J connectivity index is 1.95. The number of aliphatic carboxylic acids is 1. The lowest BCUT2D eigenvalue weighted by Crippen LogP contribution is -2.47. The summed E-state index contributed by atoms with van der Waals surface area (Å²) < 4.78 is 0. The molecule has 1 unspecified atom stereocenters. The average Bonchev–Trinajstić information content (AvgIpc) is 2.47. The summed E-state index contributed by atoms with van der Waals surface area (Å²) in [5.41, 5.74) is 0.840. The minimum Gasteiger partial charge on any atom is -0.481 e. The van der Waals surface area contributed by atoms with E-state index in [1.54, 1.807) is 0 Å². The number of nitrogens with zero attached hydrogens (tertiary/aromatic N) is 1. The molecule has 1 atom stereocenters. The number of carboxylic acids is 1. The molecular formula is C17H25NO2. The van der Waals surface area contributed by atoms with Crippen LogP contribution < -0.4 is 0 Å². The molecule has 1 saturated heterocycles. The fourth-order valence-electron chi connectivity index (χ4n) is 3.01. The zero-order chi connectivity index (χ0) is 14.6. The van der Waals surface area contributed by atoms with Crippen LogP contribution in [0.4, 0.5) is 0 Å². The molecule has 1 N–H and O–H groups in total. The molecule has 0 amide bonds. The van der Waals surface area contributed by atoms with Crippen LogP contribution >= 0.6 is 0 Å². The minimum absolute atomic E-state index is 0.524. The SMILES string of the molecule is CCC(Cc1ccccc1)N1CCC(C)(C(=O)O)CC1. The van der Waals surface area contributed by atoms with Gasteiger partial charge in [0.05, 0.1) is 5.41 Å². The van der Waals surface area contributed by atoms with E-state index < -0.39 is 11.4 Å². The Bertz CT molecular complexity index is 436. The lowest BCUT2D eigenvalue weighted by atomic mass is 9.80. The number of rotatable bonds is 5. The zero-order valence-corrected chi connectivity index (χ0v) is 12.5. The molecule has 3 heteroatoms. The summed E-state index contributed by atoms with van der Waals surface area (Å²) in [5, 5.41) is 9.30. The smallest absolute Gasteiger partial charge is 0.309 e. The predicted octanol–water partition coefficient (Wildman–Crippen LogP) is 3.19. The number of piperidine rings is 1. The zero-order valence-electron chi connectivity index (χ0n) is 12.5. The molecule has 0 radical (unpaired) electrons. The van der Waals surface area contributed by atoms with Gasteiger partial charge in [0.1, 0.15) is 0 Å². The van der Waals surface area contributed by atoms with Gasteiger partial charge in [0.2, 0.25) is 0 Å². The maximum Gasteiger partial charge on any atom is 0.309 e. The van der Waals surface area contributed by atoms with Crippen molar-refractivity contribution in [2.45, 2.75) is 45.6 Å². The van der Waals surface area contributed by atoms with E-state index in [-0.39, 0.29) is 0 Å². The van der Waals surface area contributed by atoms with Gasteiger partial charge in [-0.05, 0) is 51.3 Å². The van der Waals surface area contributed by atoms with Gasteiger partial charge in [0.25, 0.3) is 0 Å². The molecule has 0 bridgehead atoms. The summed E-state index contributed by atoms with van der Waals surface area (Å²) in [6.45, 7) is 5.89. The topological polar surface area (TPSA) is 40.5 Å². The highest BCUT2D eigenvalue weighted by Gasteiger charge is 2.38. The first-order valence-corrected chi connectivity index (χ1v) is 7.56. The van der Waals surface area contributed by atoms with Gasteiger partial charge in [0, 0.05) is 6.04 Å². The maximum atomic E-state index is 11.3. The van der Waals surface area contributed by atoms with Crippen LogP contribution in [-0.4, -0.2) is 35.1 Å². The number of hydrogen-bond acceptors (Lipinski definition) is 2. The van der Waals surface area contributed by atoms with Crippen molar-refractivity contribution in [3.05, 3.63) is 35.9 Å². The standard InChI is InChI=1S/C17H25NO2/c1-3-15(13-14-7-5-4-6-8-14)18-11-9-17(2,10-12-18)16(19)20/h4-8,15H,3,9-13H2,1-2H3,(H,19,20). The molecule has 3 nitrogen and oxygen atoms in total. The fourth-order valence-corrected chi connectivity index (χ4v) is 3.01. The molecule has 1 aliphatic rings. The third kappa shape index (κ3) is 3.40. The summed E-state index contributed by atoms with van der Waals surface area (Å²) in [4.78, 5) is 13.8. The van der Waals surface area contributed by atoms with Gasteiger partial charge in [-0.15, -0.1) is 0 Å². The lowest BCUT2D eigenvalue weighted by Gasteiger charge is -2.40. The van der Waals surface area contributed by atoms with E-state index in [1.165, 1.54) is 5.56 Å². The Hall–Kier alpha value is -1.35. The number of likely N-dealkylation sites (tertiary alicyclic amines) is 1. The first-order valence-electron chi connectivity index (χ1n) is 7.56. The summed E-state index contributed by atoms with van der Waals surface area (Å²) in [7, 11) is 0. The molecule has 1 fully saturated rings. The van der Waals surface area contributed by atoms with Crippen molar-refractivity contribution in [3.63, 3.8) is 0 Å². The second-order valence-corrected chi connectivity index (χ2v) is 6.15. The molecule has 1 aromatic rings. The Kier molecular flexibility index (Phi) is 4.81. The van der Waals surface area contributed by atoms with Gasteiger partial charge >= 0.3 is 5.97 Å². The molecule has 20 heavy (non-hydrogen) atoms. The highest BCUT2D eigenvalue weighted by Crippen LogP contribution is 2.32. The Morgan fingerprint density at radius 3 is 2.40 bits per heavy atom. The molecule has 110 valence electrons. The van der Waals surface area contributed by atoms with Crippen LogP contribution in [0.1, 0.15) is 38.7 Å². The molecule has 1 heterocycles. The summed E-state index contributed by atoms with van der Waals surface area (Å²) in [6.07, 6.45) is 3.68. The maximum absolute atomic E-state index is 11.3. The Labute approximate surface area is 121 Å². The average molecular weight is 275 g/mol. The molecule has 0 aromatic heterocycles. The van der Waals surface area contributed by atoms with Crippen molar-refractivity contribution in [1.29, 1.82) is 0 Å². The quantitative estimate of drug-likeness (QED) is 0.897. The van der Waals surface area contributed by atoms with Crippen molar-refractivity contribution >= 4 is 5.97 Å². The number of benzene rings is 1. The molecule has 0 aliphatic carbocycles.